The number of β-lactam (4-membered cyclic amide) rings is 1. The highest BCUT2D eigenvalue weighted by atomic mass is 31.2. The Morgan fingerprint density at radius 1 is 1.03 bits per heavy atom. The summed E-state index contributed by atoms with van der Waals surface area (Å²) in [5.74, 6) is -3.80. The number of aliphatic hydroxyl groups excluding tert-OH is 1. The molecule has 0 bridgehead atoms. The van der Waals surface area contributed by atoms with Crippen LogP contribution in [0.25, 0.3) is 0 Å². The highest BCUT2D eigenvalue weighted by Crippen LogP contribution is 2.56. The van der Waals surface area contributed by atoms with E-state index in [0.717, 1.165) is 24.7 Å². The van der Waals surface area contributed by atoms with Gasteiger partial charge >= 0.3 is 13.6 Å². The summed E-state index contributed by atoms with van der Waals surface area (Å²) in [4.78, 5) is 40.6. The van der Waals surface area contributed by atoms with Gasteiger partial charge in [0.1, 0.15) is 11.6 Å². The normalized spacial score (nSPS) is 19.3. The number of likely N-dealkylation sites (tertiary alicyclic amines) is 1. The highest BCUT2D eigenvalue weighted by molar-refractivity contribution is 7.55. The van der Waals surface area contributed by atoms with Gasteiger partial charge in [0.15, 0.2) is 0 Å². The largest absolute Gasteiger partial charge is 0.458 e. The molecule has 2 aromatic carbocycles. The molecule has 0 saturated carbocycles. The molecule has 1 heterocycles. The van der Waals surface area contributed by atoms with Crippen molar-refractivity contribution in [2.24, 2.45) is 0 Å². The minimum Gasteiger partial charge on any atom is -0.458 e. The Kier molecular flexibility index (Phi) is 9.49. The predicted molar refractivity (Wildman–Crippen MR) is 140 cm³/mol. The van der Waals surface area contributed by atoms with Crippen LogP contribution in [0.3, 0.4) is 0 Å². The van der Waals surface area contributed by atoms with E-state index in [1.54, 1.807) is 75.4 Å². The average molecular weight is 547 g/mol. The Morgan fingerprint density at radius 3 is 2.11 bits per heavy atom. The van der Waals surface area contributed by atoms with E-state index < -0.39 is 55.0 Å². The van der Waals surface area contributed by atoms with E-state index >= 15 is 0 Å². The Labute approximate surface area is 222 Å². The van der Waals surface area contributed by atoms with E-state index in [1.807, 2.05) is 6.07 Å². The van der Waals surface area contributed by atoms with Crippen LogP contribution < -0.4 is 5.32 Å². The van der Waals surface area contributed by atoms with Gasteiger partial charge in [-0.2, -0.15) is 0 Å². The van der Waals surface area contributed by atoms with Crippen LogP contribution in [0.2, 0.25) is 0 Å². The van der Waals surface area contributed by atoms with Crippen LogP contribution in [0, 0.1) is 0 Å². The second kappa shape index (κ2) is 12.2. The molecule has 10 nitrogen and oxygen atoms in total. The molecule has 1 fully saturated rings. The summed E-state index contributed by atoms with van der Waals surface area (Å²) >= 11 is 0. The van der Waals surface area contributed by atoms with Gasteiger partial charge in [-0.05, 0) is 31.9 Å². The molecule has 4 atom stereocenters. The molecular weight excluding hydrogens is 511 g/mol. The zero-order valence-corrected chi connectivity index (χ0v) is 23.1. The number of rotatable bonds is 11. The van der Waals surface area contributed by atoms with Crippen LogP contribution >= 0.6 is 7.60 Å². The van der Waals surface area contributed by atoms with Crippen molar-refractivity contribution in [2.45, 2.75) is 63.2 Å². The SMILES string of the molecule is COP(=O)(OC)C(C(=O)OC(C)(C)C)N1C(=O)[C@H](NC(=O)Cc2ccccc2)[C@H]1CC(O)c1ccccc1. The number of aliphatic hydroxyl groups is 1. The van der Waals surface area contributed by atoms with Gasteiger partial charge in [-0.25, -0.2) is 4.79 Å². The average Bonchev–Trinajstić information content (AvgIpc) is 2.89. The quantitative estimate of drug-likeness (QED) is 0.250. The second-order valence-electron chi connectivity index (χ2n) is 9.99. The molecule has 2 aromatic rings. The van der Waals surface area contributed by atoms with Crippen LogP contribution in [0.5, 0.6) is 0 Å². The topological polar surface area (TPSA) is 131 Å². The van der Waals surface area contributed by atoms with E-state index in [4.69, 9.17) is 13.8 Å². The van der Waals surface area contributed by atoms with Crippen LogP contribution in [0.4, 0.5) is 0 Å². The second-order valence-corrected chi connectivity index (χ2v) is 12.3. The van der Waals surface area contributed by atoms with E-state index in [2.05, 4.69) is 5.32 Å². The Balaban J connectivity index is 1.94. The first-order valence-electron chi connectivity index (χ1n) is 12.2. The molecule has 38 heavy (non-hydrogen) atoms. The maximum atomic E-state index is 13.5. The first-order chi connectivity index (χ1) is 17.9. The zero-order chi connectivity index (χ0) is 28.1. The van der Waals surface area contributed by atoms with Crippen molar-refractivity contribution in [3.63, 3.8) is 0 Å². The Hall–Kier alpha value is -3.04. The third kappa shape index (κ3) is 6.88. The lowest BCUT2D eigenvalue weighted by atomic mass is 9.87. The minimum atomic E-state index is -4.22. The molecule has 0 radical (unpaired) electrons. The molecule has 206 valence electrons. The number of carbonyl (C=O) groups excluding carboxylic acids is 3. The molecule has 1 saturated heterocycles. The first-order valence-corrected chi connectivity index (χ1v) is 13.8. The van der Waals surface area contributed by atoms with Gasteiger partial charge in [-0.3, -0.25) is 14.2 Å². The van der Waals surface area contributed by atoms with Crippen molar-refractivity contribution in [3.05, 3.63) is 71.8 Å². The number of carbonyl (C=O) groups is 3. The minimum absolute atomic E-state index is 0.0305. The maximum Gasteiger partial charge on any atom is 0.364 e. The van der Waals surface area contributed by atoms with Crippen molar-refractivity contribution in [1.29, 1.82) is 0 Å². The summed E-state index contributed by atoms with van der Waals surface area (Å²) in [6, 6.07) is 15.8. The number of nitrogens with zero attached hydrogens (tertiary/aromatic N) is 1. The fraction of sp³-hybridized carbons (Fsp3) is 0.444. The third-order valence-electron chi connectivity index (χ3n) is 6.13. The van der Waals surface area contributed by atoms with Gasteiger partial charge in [0.2, 0.25) is 17.6 Å². The van der Waals surface area contributed by atoms with Gasteiger partial charge in [-0.15, -0.1) is 0 Å². The summed E-state index contributed by atoms with van der Waals surface area (Å²) in [5.41, 5.74) is 0.374. The predicted octanol–water partition coefficient (Wildman–Crippen LogP) is 3.20. The van der Waals surface area contributed by atoms with Crippen molar-refractivity contribution in [3.8, 4) is 0 Å². The van der Waals surface area contributed by atoms with Gasteiger partial charge in [0.05, 0.1) is 18.6 Å². The first kappa shape index (κ1) is 29.5. The van der Waals surface area contributed by atoms with Crippen molar-refractivity contribution < 1.29 is 37.8 Å². The number of ether oxygens (including phenoxy) is 1. The van der Waals surface area contributed by atoms with Crippen LogP contribution in [0.15, 0.2) is 60.7 Å². The number of nitrogens with one attached hydrogen (secondary N) is 1. The van der Waals surface area contributed by atoms with E-state index in [-0.39, 0.29) is 12.8 Å². The number of esters is 1. The fourth-order valence-corrected chi connectivity index (χ4v) is 5.80. The molecule has 11 heteroatoms. The molecule has 0 spiro atoms. The highest BCUT2D eigenvalue weighted by Gasteiger charge is 2.60. The van der Waals surface area contributed by atoms with E-state index in [0.29, 0.717) is 5.56 Å². The smallest absolute Gasteiger partial charge is 0.364 e. The molecule has 2 N–H and O–H groups in total. The monoisotopic (exact) mass is 546 g/mol. The summed E-state index contributed by atoms with van der Waals surface area (Å²) in [6.45, 7) is 4.90. The van der Waals surface area contributed by atoms with Crippen LogP contribution in [-0.4, -0.2) is 65.5 Å². The molecule has 2 unspecified atom stereocenters. The summed E-state index contributed by atoms with van der Waals surface area (Å²) < 4.78 is 29.2. The number of amides is 2. The maximum absolute atomic E-state index is 13.5. The lowest BCUT2D eigenvalue weighted by molar-refractivity contribution is -0.173. The Morgan fingerprint density at radius 2 is 1.58 bits per heavy atom. The van der Waals surface area contributed by atoms with Gasteiger partial charge < -0.3 is 29.1 Å². The van der Waals surface area contributed by atoms with Crippen LogP contribution in [0.1, 0.15) is 44.4 Å². The molecule has 1 aliphatic rings. The van der Waals surface area contributed by atoms with Crippen molar-refractivity contribution >= 4 is 25.4 Å². The molecular formula is C27H35N2O8P. The number of benzene rings is 2. The molecule has 0 aromatic heterocycles. The van der Waals surface area contributed by atoms with Crippen molar-refractivity contribution in [1.82, 2.24) is 10.2 Å². The van der Waals surface area contributed by atoms with Crippen molar-refractivity contribution in [2.75, 3.05) is 14.2 Å². The van der Waals surface area contributed by atoms with E-state index in [1.165, 1.54) is 0 Å². The lowest BCUT2D eigenvalue weighted by Crippen LogP contribution is -2.74. The number of hydrogen-bond donors (Lipinski definition) is 2. The van der Waals surface area contributed by atoms with E-state index in [9.17, 15) is 24.1 Å². The molecule has 1 aliphatic heterocycles. The lowest BCUT2D eigenvalue weighted by Gasteiger charge is -2.51. The summed E-state index contributed by atoms with van der Waals surface area (Å²) in [7, 11) is -2.00. The zero-order valence-electron chi connectivity index (χ0n) is 22.2. The molecule has 3 rings (SSSR count). The third-order valence-corrected chi connectivity index (χ3v) is 8.20. The van der Waals surface area contributed by atoms with Gasteiger partial charge in [0, 0.05) is 20.6 Å². The summed E-state index contributed by atoms with van der Waals surface area (Å²) in [5, 5.41) is 13.7. The molecule has 0 aliphatic carbocycles. The summed E-state index contributed by atoms with van der Waals surface area (Å²) in [6.07, 6.45) is -1.07. The molecule has 2 amide bonds. The van der Waals surface area contributed by atoms with Gasteiger partial charge in [0.25, 0.3) is 0 Å². The standard InChI is InChI=1S/C27H35N2O8P/c1-27(2,3)37-26(33)25(38(34,35-4)36-5)29-20(17-21(30)19-14-10-7-11-15-19)23(24(29)32)28-22(31)16-18-12-8-6-9-13-18/h6-15,20-21,23,25,30H,16-17H2,1-5H3,(H,28,31)/t20-,21?,23-,25?/m1/s1. The fourth-order valence-electron chi connectivity index (χ4n) is 4.35. The van der Waals surface area contributed by atoms with Gasteiger partial charge in [-0.1, -0.05) is 60.7 Å². The Bertz CT molecular complexity index is 1160. The van der Waals surface area contributed by atoms with Crippen LogP contribution in [-0.2, 0) is 39.2 Å². The number of hydrogen-bond acceptors (Lipinski definition) is 8.